The molecule has 2 N–H and O–H groups in total. The fourth-order valence-corrected chi connectivity index (χ4v) is 4.85. The second kappa shape index (κ2) is 9.95. The molecule has 1 unspecified atom stereocenters. The largest absolute Gasteiger partial charge is 0.457 e. The normalized spacial score (nSPS) is 16.1. The number of rotatable bonds is 8. The molecule has 0 saturated carbocycles. The number of amides is 3. The number of halogens is 3. The van der Waals surface area contributed by atoms with Gasteiger partial charge in [-0.25, -0.2) is 13.2 Å². The highest BCUT2D eigenvalue weighted by Crippen LogP contribution is 2.31. The Morgan fingerprint density at radius 2 is 1.61 bits per heavy atom. The maximum atomic E-state index is 13.4. The molecule has 13 heteroatoms. The first-order valence-electron chi connectivity index (χ1n) is 10.5. The van der Waals surface area contributed by atoms with Crippen LogP contribution in [0.15, 0.2) is 78.0 Å². The van der Waals surface area contributed by atoms with Crippen molar-refractivity contribution >= 4 is 22.0 Å². The van der Waals surface area contributed by atoms with E-state index in [1.165, 1.54) is 36.7 Å². The monoisotopic (exact) mass is 520 g/mol. The SMILES string of the molecule is O=C1NC(=O)C(CN(Cc2cccnc2)S(=O)(=O)c2ccc(Oc3ccc(C(F)(F)F)cc3)cc2)N1. The third-order valence-corrected chi connectivity index (χ3v) is 7.03. The van der Waals surface area contributed by atoms with Gasteiger partial charge in [-0.3, -0.25) is 15.1 Å². The minimum Gasteiger partial charge on any atom is -0.457 e. The first-order chi connectivity index (χ1) is 17.0. The number of hydrogen-bond donors (Lipinski definition) is 2. The van der Waals surface area contributed by atoms with Gasteiger partial charge in [0.1, 0.15) is 17.5 Å². The minimum atomic E-state index is -4.47. The van der Waals surface area contributed by atoms with E-state index in [1.54, 1.807) is 12.1 Å². The lowest BCUT2D eigenvalue weighted by atomic mass is 10.2. The lowest BCUT2D eigenvalue weighted by molar-refractivity contribution is -0.137. The zero-order chi connectivity index (χ0) is 25.9. The first kappa shape index (κ1) is 25.1. The molecule has 0 spiro atoms. The topological polar surface area (TPSA) is 118 Å². The van der Waals surface area contributed by atoms with E-state index in [4.69, 9.17) is 4.74 Å². The number of carbonyl (C=O) groups is 2. The van der Waals surface area contributed by atoms with Crippen LogP contribution < -0.4 is 15.4 Å². The zero-order valence-corrected chi connectivity index (χ0v) is 19.2. The van der Waals surface area contributed by atoms with Gasteiger partial charge in [-0.1, -0.05) is 6.07 Å². The smallest absolute Gasteiger partial charge is 0.416 e. The number of nitrogens with one attached hydrogen (secondary N) is 2. The summed E-state index contributed by atoms with van der Waals surface area (Å²) in [7, 11) is -4.15. The van der Waals surface area contributed by atoms with E-state index < -0.39 is 39.7 Å². The van der Waals surface area contributed by atoms with Crippen molar-refractivity contribution in [3.8, 4) is 11.5 Å². The molecule has 4 rings (SSSR count). The highest BCUT2D eigenvalue weighted by atomic mass is 32.2. The molecular weight excluding hydrogens is 501 g/mol. The number of sulfonamides is 1. The molecule has 1 aromatic heterocycles. The molecule has 0 bridgehead atoms. The molecule has 1 aliphatic rings. The van der Waals surface area contributed by atoms with Gasteiger partial charge >= 0.3 is 12.2 Å². The van der Waals surface area contributed by atoms with E-state index in [2.05, 4.69) is 15.6 Å². The molecule has 9 nitrogen and oxygen atoms in total. The predicted molar refractivity (Wildman–Crippen MR) is 120 cm³/mol. The van der Waals surface area contributed by atoms with E-state index in [0.717, 1.165) is 28.6 Å². The van der Waals surface area contributed by atoms with Crippen molar-refractivity contribution in [2.75, 3.05) is 6.54 Å². The third-order valence-electron chi connectivity index (χ3n) is 5.21. The Bertz CT molecular complexity index is 1350. The summed E-state index contributed by atoms with van der Waals surface area (Å²) in [5.41, 5.74) is -0.259. The number of alkyl halides is 3. The van der Waals surface area contributed by atoms with Crippen LogP contribution in [-0.2, 0) is 27.5 Å². The van der Waals surface area contributed by atoms with Crippen molar-refractivity contribution in [1.82, 2.24) is 19.9 Å². The van der Waals surface area contributed by atoms with E-state index in [0.29, 0.717) is 5.56 Å². The van der Waals surface area contributed by atoms with Crippen molar-refractivity contribution in [1.29, 1.82) is 0 Å². The van der Waals surface area contributed by atoms with Crippen molar-refractivity contribution in [2.24, 2.45) is 0 Å². The maximum Gasteiger partial charge on any atom is 0.416 e. The summed E-state index contributed by atoms with van der Waals surface area (Å²) in [5, 5.41) is 4.45. The van der Waals surface area contributed by atoms with E-state index in [9.17, 15) is 31.2 Å². The molecule has 3 aromatic rings. The van der Waals surface area contributed by atoms with Gasteiger partial charge < -0.3 is 10.1 Å². The highest BCUT2D eigenvalue weighted by molar-refractivity contribution is 7.89. The first-order valence-corrected chi connectivity index (χ1v) is 11.9. The number of benzene rings is 2. The average Bonchev–Trinajstić information content (AvgIpc) is 3.16. The van der Waals surface area contributed by atoms with Crippen LogP contribution in [0.1, 0.15) is 11.1 Å². The van der Waals surface area contributed by atoms with Crippen LogP contribution >= 0.6 is 0 Å². The molecule has 2 heterocycles. The Labute approximate surface area is 204 Å². The second-order valence-electron chi connectivity index (χ2n) is 7.77. The van der Waals surface area contributed by atoms with Gasteiger partial charge in [0.05, 0.1) is 10.5 Å². The standard InChI is InChI=1S/C23H19F3N4O5S/c24-23(25,26)16-3-5-17(6-4-16)35-18-7-9-19(10-8-18)36(33,34)30(13-15-2-1-11-27-12-15)14-20-21(31)29-22(32)28-20/h1-12,20H,13-14H2,(H2,28,29,31,32). The minimum absolute atomic E-state index is 0.111. The number of ether oxygens (including phenoxy) is 1. The fourth-order valence-electron chi connectivity index (χ4n) is 3.41. The van der Waals surface area contributed by atoms with Gasteiger partial charge in [0.15, 0.2) is 0 Å². The summed E-state index contributed by atoms with van der Waals surface area (Å²) < 4.78 is 71.6. The highest BCUT2D eigenvalue weighted by Gasteiger charge is 2.35. The second-order valence-corrected chi connectivity index (χ2v) is 9.71. The van der Waals surface area contributed by atoms with Gasteiger partial charge in [-0.05, 0) is 60.2 Å². The molecule has 0 aliphatic carbocycles. The predicted octanol–water partition coefficient (Wildman–Crippen LogP) is 3.29. The summed E-state index contributed by atoms with van der Waals surface area (Å²) in [6.07, 6.45) is -1.46. The molecule has 1 fully saturated rings. The van der Waals surface area contributed by atoms with E-state index >= 15 is 0 Å². The molecule has 2 aromatic carbocycles. The number of imide groups is 1. The fraction of sp³-hybridized carbons (Fsp3) is 0.174. The van der Waals surface area contributed by atoms with Crippen LogP contribution in [0.3, 0.4) is 0 Å². The van der Waals surface area contributed by atoms with Gasteiger partial charge in [-0.15, -0.1) is 0 Å². The lowest BCUT2D eigenvalue weighted by Crippen LogP contribution is -2.44. The Morgan fingerprint density at radius 3 is 2.14 bits per heavy atom. The molecule has 3 amide bonds. The molecule has 1 atom stereocenters. The van der Waals surface area contributed by atoms with Gasteiger partial charge in [0.2, 0.25) is 10.0 Å². The van der Waals surface area contributed by atoms with Crippen LogP contribution in [0.4, 0.5) is 18.0 Å². The Hall–Kier alpha value is -3.97. The number of urea groups is 1. The summed E-state index contributed by atoms with van der Waals surface area (Å²) in [5.74, 6) is -0.304. The summed E-state index contributed by atoms with van der Waals surface area (Å²) in [4.78, 5) is 27.4. The van der Waals surface area contributed by atoms with Crippen LogP contribution in [0.2, 0.25) is 0 Å². The summed E-state index contributed by atoms with van der Waals surface area (Å²) in [6, 6.07) is 10.9. The molecule has 0 radical (unpaired) electrons. The van der Waals surface area contributed by atoms with Crippen LogP contribution in [-0.4, -0.2) is 42.2 Å². The lowest BCUT2D eigenvalue weighted by Gasteiger charge is -2.24. The third kappa shape index (κ3) is 5.80. The van der Waals surface area contributed by atoms with Crippen LogP contribution in [0, 0.1) is 0 Å². The summed E-state index contributed by atoms with van der Waals surface area (Å²) >= 11 is 0. The van der Waals surface area contributed by atoms with Crippen LogP contribution in [0.5, 0.6) is 11.5 Å². The van der Waals surface area contributed by atoms with Gasteiger partial charge in [0.25, 0.3) is 5.91 Å². The van der Waals surface area contributed by atoms with Gasteiger partial charge in [-0.2, -0.15) is 17.5 Å². The number of nitrogens with zero attached hydrogens (tertiary/aromatic N) is 2. The van der Waals surface area contributed by atoms with Crippen molar-refractivity contribution < 1.29 is 35.9 Å². The van der Waals surface area contributed by atoms with Crippen molar-refractivity contribution in [3.05, 3.63) is 84.2 Å². The maximum absolute atomic E-state index is 13.4. The molecular formula is C23H19F3N4O5S. The molecule has 188 valence electrons. The Balaban J connectivity index is 1.54. The van der Waals surface area contributed by atoms with Crippen molar-refractivity contribution in [2.45, 2.75) is 23.7 Å². The number of hydrogen-bond acceptors (Lipinski definition) is 6. The Kier molecular flexibility index (Phi) is 6.95. The number of pyridine rings is 1. The van der Waals surface area contributed by atoms with E-state index in [1.807, 2.05) is 0 Å². The van der Waals surface area contributed by atoms with Crippen LogP contribution in [0.25, 0.3) is 0 Å². The molecule has 1 saturated heterocycles. The van der Waals surface area contributed by atoms with Gasteiger partial charge in [0, 0.05) is 25.5 Å². The van der Waals surface area contributed by atoms with Crippen molar-refractivity contribution in [3.63, 3.8) is 0 Å². The number of aromatic nitrogens is 1. The average molecular weight is 520 g/mol. The molecule has 1 aliphatic heterocycles. The zero-order valence-electron chi connectivity index (χ0n) is 18.4. The van der Waals surface area contributed by atoms with E-state index in [-0.39, 0.29) is 29.5 Å². The Morgan fingerprint density at radius 1 is 0.972 bits per heavy atom. The number of carbonyl (C=O) groups excluding carboxylic acids is 2. The quantitative estimate of drug-likeness (QED) is 0.440. The summed E-state index contributed by atoms with van der Waals surface area (Å²) in [6.45, 7) is -0.432. The molecule has 36 heavy (non-hydrogen) atoms.